The highest BCUT2D eigenvalue weighted by Crippen LogP contribution is 2.64. The Kier molecular flexibility index (Phi) is 2.70. The molecule has 2 aliphatic rings. The van der Waals surface area contributed by atoms with Crippen LogP contribution in [0.25, 0.3) is 0 Å². The van der Waals surface area contributed by atoms with E-state index in [-0.39, 0.29) is 0 Å². The monoisotopic (exact) mass is 284 g/mol. The van der Waals surface area contributed by atoms with Gasteiger partial charge in [0.25, 0.3) is 0 Å². The van der Waals surface area contributed by atoms with Gasteiger partial charge in [-0.25, -0.2) is 4.98 Å². The Morgan fingerprint density at radius 3 is 2.85 bits per heavy atom. The first-order chi connectivity index (χ1) is 9.78. The van der Waals surface area contributed by atoms with Gasteiger partial charge >= 0.3 is 0 Å². The number of anilines is 1. The highest BCUT2D eigenvalue weighted by Gasteiger charge is 2.55. The molecule has 2 aliphatic carbocycles. The van der Waals surface area contributed by atoms with Crippen LogP contribution in [-0.4, -0.2) is 21.2 Å². The van der Waals surface area contributed by atoms with Crippen LogP contribution in [0.1, 0.15) is 35.2 Å². The van der Waals surface area contributed by atoms with Crippen molar-refractivity contribution < 1.29 is 0 Å². The lowest BCUT2D eigenvalue weighted by Gasteiger charge is -2.13. The number of thioether (sulfide) groups is 1. The van der Waals surface area contributed by atoms with Crippen molar-refractivity contribution in [2.45, 2.75) is 29.8 Å². The molecular formula is C15H16N4S. The lowest BCUT2D eigenvalue weighted by molar-refractivity contribution is 0.651. The highest BCUT2D eigenvalue weighted by molar-refractivity contribution is 7.98. The number of aryl methyl sites for hydroxylation is 1. The van der Waals surface area contributed by atoms with Gasteiger partial charge in [-0.1, -0.05) is 36.0 Å². The van der Waals surface area contributed by atoms with Gasteiger partial charge in [0, 0.05) is 5.92 Å². The first kappa shape index (κ1) is 12.1. The van der Waals surface area contributed by atoms with E-state index >= 15 is 0 Å². The van der Waals surface area contributed by atoms with Crippen molar-refractivity contribution in [3.63, 3.8) is 0 Å². The van der Waals surface area contributed by atoms with Crippen molar-refractivity contribution in [1.29, 1.82) is 0 Å². The maximum absolute atomic E-state index is 5.81. The fourth-order valence-corrected chi connectivity index (χ4v) is 3.92. The zero-order valence-corrected chi connectivity index (χ0v) is 12.1. The van der Waals surface area contributed by atoms with Crippen LogP contribution < -0.4 is 5.73 Å². The van der Waals surface area contributed by atoms with E-state index in [1.54, 1.807) is 0 Å². The molecule has 20 heavy (non-hydrogen) atoms. The molecule has 4 rings (SSSR count). The van der Waals surface area contributed by atoms with Gasteiger partial charge in [0.2, 0.25) is 5.95 Å². The summed E-state index contributed by atoms with van der Waals surface area (Å²) in [6.45, 7) is 0. The van der Waals surface area contributed by atoms with Crippen molar-refractivity contribution >= 4 is 17.7 Å². The van der Waals surface area contributed by atoms with Crippen LogP contribution in [0.2, 0.25) is 0 Å². The number of nitrogens with zero attached hydrogens (tertiary/aromatic N) is 3. The van der Waals surface area contributed by atoms with Crippen LogP contribution in [0.3, 0.4) is 0 Å². The molecule has 2 N–H and O–H groups in total. The van der Waals surface area contributed by atoms with Crippen LogP contribution in [0.15, 0.2) is 29.4 Å². The van der Waals surface area contributed by atoms with E-state index in [1.165, 1.54) is 35.7 Å². The number of benzene rings is 1. The summed E-state index contributed by atoms with van der Waals surface area (Å²) in [7, 11) is 0. The molecule has 1 aromatic carbocycles. The van der Waals surface area contributed by atoms with E-state index in [1.807, 2.05) is 6.26 Å². The summed E-state index contributed by atoms with van der Waals surface area (Å²) in [4.78, 5) is 13.1. The Morgan fingerprint density at radius 1 is 1.15 bits per heavy atom. The van der Waals surface area contributed by atoms with Gasteiger partial charge in [0.1, 0.15) is 5.82 Å². The van der Waals surface area contributed by atoms with E-state index < -0.39 is 0 Å². The van der Waals surface area contributed by atoms with Gasteiger partial charge in [-0.05, 0) is 42.1 Å². The van der Waals surface area contributed by atoms with Crippen LogP contribution in [0.4, 0.5) is 5.95 Å². The fourth-order valence-electron chi connectivity index (χ4n) is 3.55. The van der Waals surface area contributed by atoms with Crippen LogP contribution in [-0.2, 0) is 6.42 Å². The molecular weight excluding hydrogens is 268 g/mol. The standard InChI is InChI=1S/C15H16N4S/c1-20-15-18-13(17-14(16)19-15)12-10-7-6-8-4-2-3-5-9(8)11(10)12/h2-5,10-12H,6-7H2,1H3,(H2,16,17,18,19). The lowest BCUT2D eigenvalue weighted by atomic mass is 9.92. The second kappa shape index (κ2) is 4.45. The molecule has 0 spiro atoms. The molecule has 1 aromatic heterocycles. The summed E-state index contributed by atoms with van der Waals surface area (Å²) < 4.78 is 0. The number of aromatic nitrogens is 3. The Morgan fingerprint density at radius 2 is 2.00 bits per heavy atom. The first-order valence-electron chi connectivity index (χ1n) is 6.91. The maximum Gasteiger partial charge on any atom is 0.224 e. The Bertz CT molecular complexity index is 673. The molecule has 3 unspecified atom stereocenters. The van der Waals surface area contributed by atoms with Gasteiger partial charge in [-0.3, -0.25) is 0 Å². The molecule has 0 amide bonds. The van der Waals surface area contributed by atoms with E-state index in [0.717, 1.165) is 11.0 Å². The van der Waals surface area contributed by atoms with Crippen molar-refractivity contribution in [3.05, 3.63) is 41.2 Å². The molecule has 1 fully saturated rings. The minimum Gasteiger partial charge on any atom is -0.368 e. The van der Waals surface area contributed by atoms with Crippen molar-refractivity contribution in [3.8, 4) is 0 Å². The van der Waals surface area contributed by atoms with E-state index in [2.05, 4.69) is 39.2 Å². The molecule has 1 saturated carbocycles. The van der Waals surface area contributed by atoms with Gasteiger partial charge in [0.15, 0.2) is 5.16 Å². The molecule has 2 aromatic rings. The summed E-state index contributed by atoms with van der Waals surface area (Å²) in [5, 5.41) is 0.726. The lowest BCUT2D eigenvalue weighted by Crippen LogP contribution is -2.04. The van der Waals surface area contributed by atoms with Crippen molar-refractivity contribution in [1.82, 2.24) is 15.0 Å². The zero-order valence-electron chi connectivity index (χ0n) is 11.3. The predicted octanol–water partition coefficient (Wildman–Crippen LogP) is 2.62. The van der Waals surface area contributed by atoms with E-state index in [4.69, 9.17) is 5.73 Å². The van der Waals surface area contributed by atoms with Gasteiger partial charge in [0.05, 0.1) is 0 Å². The second-order valence-electron chi connectivity index (χ2n) is 5.49. The smallest absolute Gasteiger partial charge is 0.224 e. The molecule has 0 saturated heterocycles. The third kappa shape index (κ3) is 1.80. The molecule has 1 heterocycles. The van der Waals surface area contributed by atoms with E-state index in [0.29, 0.717) is 23.7 Å². The second-order valence-corrected chi connectivity index (χ2v) is 6.26. The molecule has 5 heteroatoms. The average molecular weight is 284 g/mol. The summed E-state index contributed by atoms with van der Waals surface area (Å²) in [6.07, 6.45) is 4.37. The summed E-state index contributed by atoms with van der Waals surface area (Å²) in [5.74, 6) is 2.91. The van der Waals surface area contributed by atoms with E-state index in [9.17, 15) is 0 Å². The third-order valence-electron chi connectivity index (χ3n) is 4.46. The van der Waals surface area contributed by atoms with Gasteiger partial charge < -0.3 is 5.73 Å². The first-order valence-corrected chi connectivity index (χ1v) is 8.13. The number of hydrogen-bond acceptors (Lipinski definition) is 5. The number of nitrogens with two attached hydrogens (primary N) is 1. The number of hydrogen-bond donors (Lipinski definition) is 1. The molecule has 4 nitrogen and oxygen atoms in total. The molecule has 0 radical (unpaired) electrons. The average Bonchev–Trinajstić information content (AvgIpc) is 3.21. The molecule has 102 valence electrons. The Hall–Kier alpha value is -1.62. The zero-order chi connectivity index (χ0) is 13.7. The third-order valence-corrected chi connectivity index (χ3v) is 5.01. The Labute approximate surface area is 122 Å². The maximum atomic E-state index is 5.81. The molecule has 3 atom stereocenters. The summed E-state index contributed by atoms with van der Waals surface area (Å²) in [6, 6.07) is 8.76. The number of rotatable bonds is 2. The number of fused-ring (bicyclic) bond motifs is 3. The highest BCUT2D eigenvalue weighted by atomic mass is 32.2. The van der Waals surface area contributed by atoms with Crippen molar-refractivity contribution in [2.24, 2.45) is 5.92 Å². The van der Waals surface area contributed by atoms with Crippen LogP contribution in [0.5, 0.6) is 0 Å². The van der Waals surface area contributed by atoms with Crippen molar-refractivity contribution in [2.75, 3.05) is 12.0 Å². The molecule has 0 bridgehead atoms. The van der Waals surface area contributed by atoms with Crippen LogP contribution in [0, 0.1) is 5.92 Å². The Balaban J connectivity index is 1.72. The largest absolute Gasteiger partial charge is 0.368 e. The summed E-state index contributed by atoms with van der Waals surface area (Å²) >= 11 is 1.52. The normalized spacial score (nSPS) is 26.8. The minimum atomic E-state index is 0.344. The molecule has 0 aliphatic heterocycles. The summed E-state index contributed by atoms with van der Waals surface area (Å²) in [5.41, 5.74) is 8.78. The predicted molar refractivity (Wildman–Crippen MR) is 79.8 cm³/mol. The van der Waals surface area contributed by atoms with Gasteiger partial charge in [-0.15, -0.1) is 0 Å². The fraction of sp³-hybridized carbons (Fsp3) is 0.400. The quantitative estimate of drug-likeness (QED) is 0.859. The SMILES string of the molecule is CSc1nc(N)nc(C2C3CCc4ccccc4C32)n1. The van der Waals surface area contributed by atoms with Crippen LogP contribution >= 0.6 is 11.8 Å². The van der Waals surface area contributed by atoms with Gasteiger partial charge in [-0.2, -0.15) is 9.97 Å². The topological polar surface area (TPSA) is 64.7 Å². The number of nitrogen functional groups attached to an aromatic ring is 1. The minimum absolute atomic E-state index is 0.344.